The molecule has 0 atom stereocenters. The van der Waals surface area contributed by atoms with E-state index in [2.05, 4.69) is 20.4 Å². The highest BCUT2D eigenvalue weighted by Gasteiger charge is 2.64. The van der Waals surface area contributed by atoms with Gasteiger partial charge in [-0.1, -0.05) is 11.6 Å². The quantitative estimate of drug-likeness (QED) is 0.278. The fourth-order valence-corrected chi connectivity index (χ4v) is 3.71. The van der Waals surface area contributed by atoms with Gasteiger partial charge in [-0.2, -0.15) is 40.2 Å². The van der Waals surface area contributed by atoms with E-state index in [0.717, 1.165) is 26.8 Å². The van der Waals surface area contributed by atoms with Gasteiger partial charge >= 0.3 is 18.3 Å². The lowest BCUT2D eigenvalue weighted by molar-refractivity contribution is -0.292. The van der Waals surface area contributed by atoms with Crippen molar-refractivity contribution < 1.29 is 39.9 Å². The lowest BCUT2D eigenvalue weighted by Gasteiger charge is -2.19. The molecular weight excluding hydrogens is 538 g/mol. The Labute approximate surface area is 210 Å². The average molecular weight is 558 g/mol. The molecule has 1 fully saturated rings. The van der Waals surface area contributed by atoms with Crippen LogP contribution in [0.4, 0.5) is 35.1 Å². The summed E-state index contributed by atoms with van der Waals surface area (Å²) in [5, 5.41) is 5.66. The Morgan fingerprint density at radius 1 is 1.16 bits per heavy atom. The van der Waals surface area contributed by atoms with Crippen LogP contribution in [0.3, 0.4) is 0 Å². The molecule has 1 saturated carbocycles. The van der Waals surface area contributed by atoms with Gasteiger partial charge in [0.1, 0.15) is 5.56 Å². The fourth-order valence-electron chi connectivity index (χ4n) is 3.51. The van der Waals surface area contributed by atoms with Crippen LogP contribution >= 0.6 is 11.6 Å². The maximum absolute atomic E-state index is 14.0. The second kappa shape index (κ2) is 10.0. The molecule has 1 aliphatic rings. The molecule has 1 N–H and O–H groups in total. The third-order valence-electron chi connectivity index (χ3n) is 5.53. The molecule has 202 valence electrons. The van der Waals surface area contributed by atoms with Crippen LogP contribution in [0.5, 0.6) is 0 Å². The SMILES string of the molecule is CN=C(N=C(C)c1c(C(F)(F)F)c(C(F)(F)C(F)(F)F)nn1C)c1ccc(Cl)c(C(=O)NCC2CC2)c1. The van der Waals surface area contributed by atoms with E-state index < -0.39 is 46.8 Å². The number of amidine groups is 1. The number of aliphatic imine (C=N–C) groups is 2. The number of benzene rings is 1. The normalized spacial score (nSPS) is 15.8. The molecular formula is C22H20ClF8N5O. The number of halogens is 9. The number of hydrogen-bond acceptors (Lipinski definition) is 3. The summed E-state index contributed by atoms with van der Waals surface area (Å²) in [5.74, 6) is -6.24. The van der Waals surface area contributed by atoms with Gasteiger partial charge in [0.15, 0.2) is 11.5 Å². The lowest BCUT2D eigenvalue weighted by Crippen LogP contribution is -2.36. The highest BCUT2D eigenvalue weighted by molar-refractivity contribution is 6.34. The van der Waals surface area contributed by atoms with Gasteiger partial charge in [0, 0.05) is 26.2 Å². The van der Waals surface area contributed by atoms with Crippen LogP contribution in [0.1, 0.15) is 52.6 Å². The predicted octanol–water partition coefficient (Wildman–Crippen LogP) is 5.77. The molecule has 1 amide bonds. The molecule has 1 heterocycles. The molecule has 6 nitrogen and oxygen atoms in total. The largest absolute Gasteiger partial charge is 0.459 e. The monoisotopic (exact) mass is 557 g/mol. The van der Waals surface area contributed by atoms with Crippen molar-refractivity contribution >= 4 is 29.1 Å². The van der Waals surface area contributed by atoms with E-state index in [0.29, 0.717) is 12.5 Å². The molecule has 15 heteroatoms. The van der Waals surface area contributed by atoms with Gasteiger partial charge in [-0.3, -0.25) is 14.5 Å². The van der Waals surface area contributed by atoms with E-state index in [-0.39, 0.29) is 26.7 Å². The Balaban J connectivity index is 2.07. The summed E-state index contributed by atoms with van der Waals surface area (Å²) in [7, 11) is 2.01. The van der Waals surface area contributed by atoms with E-state index in [9.17, 15) is 39.9 Å². The van der Waals surface area contributed by atoms with Gasteiger partial charge in [-0.15, -0.1) is 0 Å². The van der Waals surface area contributed by atoms with Crippen LogP contribution in [0, 0.1) is 5.92 Å². The number of alkyl halides is 8. The first kappa shape index (κ1) is 28.5. The standard InChI is InChI=1S/C22H20ClF8N5O/c1-10(16-15(21(26,27)28)17(35-36(16)3)20(24,25)22(29,30)31)34-18(32-2)12-6-7-14(23)13(8-12)19(37)33-9-11-4-5-11/h6-8,11H,4-5,9H2,1-3H3,(H,33,37). The van der Waals surface area contributed by atoms with Crippen LogP contribution in [0.2, 0.25) is 5.02 Å². The molecule has 3 rings (SSSR count). The number of aryl methyl sites for hydroxylation is 1. The van der Waals surface area contributed by atoms with Crippen LogP contribution in [-0.4, -0.2) is 47.0 Å². The molecule has 0 aliphatic heterocycles. The number of carbonyl (C=O) groups excluding carboxylic acids is 1. The average Bonchev–Trinajstić information content (AvgIpc) is 3.54. The number of hydrogen-bond donors (Lipinski definition) is 1. The van der Waals surface area contributed by atoms with Crippen molar-refractivity contribution in [2.24, 2.45) is 23.0 Å². The number of carbonyl (C=O) groups is 1. The lowest BCUT2D eigenvalue weighted by atomic mass is 10.0. The number of nitrogens with zero attached hydrogens (tertiary/aromatic N) is 4. The Hall–Kier alpha value is -3.03. The third-order valence-corrected chi connectivity index (χ3v) is 5.86. The molecule has 1 aromatic carbocycles. The topological polar surface area (TPSA) is 71.6 Å². The first-order valence-corrected chi connectivity index (χ1v) is 11.1. The summed E-state index contributed by atoms with van der Waals surface area (Å²) >= 11 is 6.11. The summed E-state index contributed by atoms with van der Waals surface area (Å²) in [6, 6.07) is 4.00. The van der Waals surface area contributed by atoms with Crippen molar-refractivity contribution in [3.05, 3.63) is 51.3 Å². The van der Waals surface area contributed by atoms with Gasteiger partial charge in [0.05, 0.1) is 22.0 Å². The molecule has 0 unspecified atom stereocenters. The van der Waals surface area contributed by atoms with Crippen molar-refractivity contribution in [2.75, 3.05) is 13.6 Å². The molecule has 0 bridgehead atoms. The first-order chi connectivity index (χ1) is 17.0. The Morgan fingerprint density at radius 2 is 1.78 bits per heavy atom. The minimum atomic E-state index is -6.32. The summed E-state index contributed by atoms with van der Waals surface area (Å²) in [6.07, 6.45) is -9.97. The van der Waals surface area contributed by atoms with E-state index in [1.807, 2.05) is 0 Å². The maximum atomic E-state index is 14.0. The Bertz CT molecular complexity index is 1260. The molecule has 0 spiro atoms. The zero-order chi connectivity index (χ0) is 27.9. The van der Waals surface area contributed by atoms with Gasteiger partial charge in [-0.25, -0.2) is 4.99 Å². The molecule has 0 saturated heterocycles. The summed E-state index contributed by atoms with van der Waals surface area (Å²) in [5.41, 5.74) is -6.29. The van der Waals surface area contributed by atoms with Crippen molar-refractivity contribution in [3.8, 4) is 0 Å². The molecule has 0 radical (unpaired) electrons. The number of rotatable bonds is 6. The highest BCUT2D eigenvalue weighted by Crippen LogP contribution is 2.48. The Kier molecular flexibility index (Phi) is 7.73. The second-order valence-electron chi connectivity index (χ2n) is 8.36. The fraction of sp³-hybridized carbons (Fsp3) is 0.455. The van der Waals surface area contributed by atoms with Crippen molar-refractivity contribution in [2.45, 2.75) is 38.0 Å². The van der Waals surface area contributed by atoms with E-state index in [1.165, 1.54) is 25.2 Å². The maximum Gasteiger partial charge on any atom is 0.459 e. The molecule has 1 aliphatic carbocycles. The molecule has 37 heavy (non-hydrogen) atoms. The zero-order valence-corrected chi connectivity index (χ0v) is 20.3. The number of nitrogens with one attached hydrogen (secondary N) is 1. The number of amides is 1. The van der Waals surface area contributed by atoms with Crippen molar-refractivity contribution in [3.63, 3.8) is 0 Å². The summed E-state index contributed by atoms with van der Waals surface area (Å²) < 4.78 is 108. The van der Waals surface area contributed by atoms with Crippen LogP contribution in [0.15, 0.2) is 28.2 Å². The summed E-state index contributed by atoms with van der Waals surface area (Å²) in [6.45, 7) is 1.42. The van der Waals surface area contributed by atoms with Crippen LogP contribution in [-0.2, 0) is 19.1 Å². The Morgan fingerprint density at radius 3 is 2.30 bits per heavy atom. The van der Waals surface area contributed by atoms with Crippen molar-refractivity contribution in [1.29, 1.82) is 0 Å². The zero-order valence-electron chi connectivity index (χ0n) is 19.5. The molecule has 1 aromatic heterocycles. The van der Waals surface area contributed by atoms with E-state index >= 15 is 0 Å². The van der Waals surface area contributed by atoms with Crippen molar-refractivity contribution in [1.82, 2.24) is 15.1 Å². The van der Waals surface area contributed by atoms with Gasteiger partial charge in [0.2, 0.25) is 0 Å². The number of aromatic nitrogens is 2. The summed E-state index contributed by atoms with van der Waals surface area (Å²) in [4.78, 5) is 20.3. The van der Waals surface area contributed by atoms with E-state index in [4.69, 9.17) is 11.6 Å². The van der Waals surface area contributed by atoms with Gasteiger partial charge < -0.3 is 5.32 Å². The first-order valence-electron chi connectivity index (χ1n) is 10.7. The van der Waals surface area contributed by atoms with Crippen LogP contribution < -0.4 is 5.32 Å². The molecule has 2 aromatic rings. The van der Waals surface area contributed by atoms with Crippen LogP contribution in [0.25, 0.3) is 0 Å². The second-order valence-corrected chi connectivity index (χ2v) is 8.77. The van der Waals surface area contributed by atoms with Gasteiger partial charge in [-0.05, 0) is 43.9 Å². The minimum absolute atomic E-state index is 0.0393. The van der Waals surface area contributed by atoms with E-state index in [1.54, 1.807) is 0 Å². The van der Waals surface area contributed by atoms with Gasteiger partial charge in [0.25, 0.3) is 5.91 Å². The highest BCUT2D eigenvalue weighted by atomic mass is 35.5. The predicted molar refractivity (Wildman–Crippen MR) is 119 cm³/mol. The minimum Gasteiger partial charge on any atom is -0.352 e. The smallest absolute Gasteiger partial charge is 0.352 e. The third kappa shape index (κ3) is 5.94.